The highest BCUT2D eigenvalue weighted by Gasteiger charge is 2.45. The van der Waals surface area contributed by atoms with Crippen LogP contribution in [0, 0.1) is 0 Å². The molecule has 0 aliphatic carbocycles. The number of carbonyl (C=O) groups is 1. The number of nitrogens with zero attached hydrogens (tertiary/aromatic N) is 1. The van der Waals surface area contributed by atoms with E-state index in [4.69, 9.17) is 18.9 Å². The van der Waals surface area contributed by atoms with Gasteiger partial charge < -0.3 is 18.9 Å². The molecule has 8 nitrogen and oxygen atoms in total. The Balaban J connectivity index is 1.34. The van der Waals surface area contributed by atoms with Crippen molar-refractivity contribution in [1.29, 1.82) is 0 Å². The molecule has 0 unspecified atom stereocenters. The van der Waals surface area contributed by atoms with E-state index in [1.165, 1.54) is 16.4 Å². The Morgan fingerprint density at radius 1 is 0.968 bits per heavy atom. The number of hydrogen-bond donors (Lipinski definition) is 0. The third kappa shape index (κ3) is 3.51. The largest absolute Gasteiger partial charge is 0.497 e. The highest BCUT2D eigenvalue weighted by molar-refractivity contribution is 7.89. The number of sulfonamides is 1. The third-order valence-electron chi connectivity index (χ3n) is 6.08. The highest BCUT2D eigenvalue weighted by Crippen LogP contribution is 2.42. The summed E-state index contributed by atoms with van der Waals surface area (Å²) in [6, 6.07) is 9.84. The number of fused-ring (bicyclic) bond motifs is 2. The molecule has 3 aliphatic heterocycles. The smallest absolute Gasteiger partial charge is 0.243 e. The zero-order valence-electron chi connectivity index (χ0n) is 17.1. The lowest BCUT2D eigenvalue weighted by Crippen LogP contribution is -2.52. The predicted molar refractivity (Wildman–Crippen MR) is 111 cm³/mol. The van der Waals surface area contributed by atoms with Crippen molar-refractivity contribution in [1.82, 2.24) is 4.31 Å². The minimum atomic E-state index is -3.70. The Bertz CT molecular complexity index is 1140. The molecule has 0 radical (unpaired) electrons. The van der Waals surface area contributed by atoms with Gasteiger partial charge >= 0.3 is 0 Å². The predicted octanol–water partition coefficient (Wildman–Crippen LogP) is 2.66. The first kappa shape index (κ1) is 20.1. The Labute approximate surface area is 180 Å². The van der Waals surface area contributed by atoms with Crippen molar-refractivity contribution >= 4 is 15.8 Å². The average molecular weight is 445 g/mol. The van der Waals surface area contributed by atoms with E-state index >= 15 is 0 Å². The highest BCUT2D eigenvalue weighted by atomic mass is 32.2. The van der Waals surface area contributed by atoms with Crippen molar-refractivity contribution in [2.45, 2.75) is 29.8 Å². The van der Waals surface area contributed by atoms with E-state index in [9.17, 15) is 13.2 Å². The molecule has 164 valence electrons. The fraction of sp³-hybridized carbons (Fsp3) is 0.409. The molecule has 9 heteroatoms. The first-order chi connectivity index (χ1) is 14.9. The summed E-state index contributed by atoms with van der Waals surface area (Å²) in [5.74, 6) is 2.10. The molecule has 0 atom stereocenters. The van der Waals surface area contributed by atoms with Gasteiger partial charge in [-0.05, 0) is 24.3 Å². The number of ether oxygens (including phenoxy) is 4. The van der Waals surface area contributed by atoms with Gasteiger partial charge in [-0.15, -0.1) is 0 Å². The number of benzene rings is 2. The summed E-state index contributed by atoms with van der Waals surface area (Å²) in [6.07, 6.45) is 1.10. The van der Waals surface area contributed by atoms with Gasteiger partial charge in [0.25, 0.3) is 0 Å². The van der Waals surface area contributed by atoms with Gasteiger partial charge in [0.2, 0.25) is 10.0 Å². The number of methoxy groups -OCH3 is 1. The van der Waals surface area contributed by atoms with Crippen molar-refractivity contribution in [2.24, 2.45) is 0 Å². The molecule has 3 aliphatic rings. The standard InChI is InChI=1S/C22H23NO7S/c1-27-15-2-4-17-18(24)14-22(30-20(17)12-15)6-8-23(9-7-22)31(25,26)16-3-5-19-21(13-16)29-11-10-28-19/h2-5,12-13H,6-11,14H2,1H3. The lowest BCUT2D eigenvalue weighted by molar-refractivity contribution is 0.00577. The van der Waals surface area contributed by atoms with Crippen molar-refractivity contribution in [3.63, 3.8) is 0 Å². The Morgan fingerprint density at radius 3 is 2.45 bits per heavy atom. The van der Waals surface area contributed by atoms with Crippen molar-refractivity contribution in [3.05, 3.63) is 42.0 Å². The second-order valence-electron chi connectivity index (χ2n) is 7.96. The van der Waals surface area contributed by atoms with Crippen molar-refractivity contribution in [3.8, 4) is 23.0 Å². The summed E-state index contributed by atoms with van der Waals surface area (Å²) in [5, 5.41) is 0. The fourth-order valence-electron chi connectivity index (χ4n) is 4.35. The molecule has 31 heavy (non-hydrogen) atoms. The van der Waals surface area contributed by atoms with E-state index in [0.29, 0.717) is 54.6 Å². The lowest BCUT2D eigenvalue weighted by atomic mass is 9.83. The average Bonchev–Trinajstić information content (AvgIpc) is 2.78. The molecule has 0 N–H and O–H groups in total. The molecular weight excluding hydrogens is 422 g/mol. The van der Waals surface area contributed by atoms with Crippen molar-refractivity contribution in [2.75, 3.05) is 33.4 Å². The number of hydrogen-bond acceptors (Lipinski definition) is 7. The normalized spacial score (nSPS) is 20.1. The van der Waals surface area contributed by atoms with Crippen LogP contribution in [0.25, 0.3) is 0 Å². The van der Waals surface area contributed by atoms with Crippen LogP contribution in [-0.4, -0.2) is 57.5 Å². The molecule has 0 saturated carbocycles. The van der Waals surface area contributed by atoms with Gasteiger partial charge in [-0.2, -0.15) is 4.31 Å². The molecule has 0 amide bonds. The van der Waals surface area contributed by atoms with Gasteiger partial charge in [-0.25, -0.2) is 8.42 Å². The summed E-state index contributed by atoms with van der Waals surface area (Å²) in [4.78, 5) is 12.9. The molecule has 2 aromatic carbocycles. The topological polar surface area (TPSA) is 91.4 Å². The summed E-state index contributed by atoms with van der Waals surface area (Å²) in [6.45, 7) is 1.37. The number of piperidine rings is 1. The van der Waals surface area contributed by atoms with E-state index < -0.39 is 15.6 Å². The second kappa shape index (κ2) is 7.42. The zero-order valence-corrected chi connectivity index (χ0v) is 17.9. The van der Waals surface area contributed by atoms with Crippen LogP contribution in [-0.2, 0) is 10.0 Å². The monoisotopic (exact) mass is 445 g/mol. The Kier molecular flexibility index (Phi) is 4.82. The van der Waals surface area contributed by atoms with E-state index in [1.54, 1.807) is 31.4 Å². The molecule has 5 rings (SSSR count). The number of carbonyl (C=O) groups excluding carboxylic acids is 1. The van der Waals surface area contributed by atoms with E-state index in [-0.39, 0.29) is 30.2 Å². The van der Waals surface area contributed by atoms with Crippen LogP contribution >= 0.6 is 0 Å². The summed E-state index contributed by atoms with van der Waals surface area (Å²) < 4.78 is 50.3. The van der Waals surface area contributed by atoms with Crippen LogP contribution in [0.4, 0.5) is 0 Å². The summed E-state index contributed by atoms with van der Waals surface area (Å²) in [5.41, 5.74) is -0.160. The maximum Gasteiger partial charge on any atom is 0.243 e. The third-order valence-corrected chi connectivity index (χ3v) is 7.98. The first-order valence-corrected chi connectivity index (χ1v) is 11.6. The number of Topliss-reactive ketones (excluding diaryl/α,β-unsaturated/α-hetero) is 1. The van der Waals surface area contributed by atoms with Gasteiger partial charge in [0.15, 0.2) is 17.3 Å². The molecule has 1 fully saturated rings. The van der Waals surface area contributed by atoms with Gasteiger partial charge in [-0.1, -0.05) is 0 Å². The van der Waals surface area contributed by atoms with Crippen LogP contribution in [0.1, 0.15) is 29.6 Å². The molecule has 1 saturated heterocycles. The molecule has 1 spiro atoms. The maximum atomic E-state index is 13.2. The number of ketones is 1. The first-order valence-electron chi connectivity index (χ1n) is 10.2. The van der Waals surface area contributed by atoms with E-state index in [0.717, 1.165) is 0 Å². The second-order valence-corrected chi connectivity index (χ2v) is 9.89. The number of rotatable bonds is 3. The molecule has 3 heterocycles. The maximum absolute atomic E-state index is 13.2. The van der Waals surface area contributed by atoms with Crippen molar-refractivity contribution < 1.29 is 32.2 Å². The van der Waals surface area contributed by atoms with E-state index in [1.807, 2.05) is 0 Å². The molecule has 0 bridgehead atoms. The van der Waals surface area contributed by atoms with Gasteiger partial charge in [0.1, 0.15) is 30.3 Å². The molecule has 0 aromatic heterocycles. The van der Waals surface area contributed by atoms with Crippen LogP contribution in [0.5, 0.6) is 23.0 Å². The summed E-state index contributed by atoms with van der Waals surface area (Å²) >= 11 is 0. The lowest BCUT2D eigenvalue weighted by Gasteiger charge is -2.43. The van der Waals surface area contributed by atoms with Crippen LogP contribution in [0.3, 0.4) is 0 Å². The zero-order chi connectivity index (χ0) is 21.6. The van der Waals surface area contributed by atoms with Crippen LogP contribution < -0.4 is 18.9 Å². The summed E-state index contributed by atoms with van der Waals surface area (Å²) in [7, 11) is -2.14. The van der Waals surface area contributed by atoms with Gasteiger partial charge in [-0.3, -0.25) is 4.79 Å². The van der Waals surface area contributed by atoms with E-state index in [2.05, 4.69) is 0 Å². The van der Waals surface area contributed by atoms with Crippen LogP contribution in [0.15, 0.2) is 41.3 Å². The molecular formula is C22H23NO7S. The fourth-order valence-corrected chi connectivity index (χ4v) is 5.81. The Morgan fingerprint density at radius 2 is 1.71 bits per heavy atom. The quantitative estimate of drug-likeness (QED) is 0.717. The van der Waals surface area contributed by atoms with Gasteiger partial charge in [0.05, 0.1) is 24.0 Å². The van der Waals surface area contributed by atoms with Gasteiger partial charge in [0, 0.05) is 38.1 Å². The minimum Gasteiger partial charge on any atom is -0.497 e. The van der Waals surface area contributed by atoms with Crippen LogP contribution in [0.2, 0.25) is 0 Å². The molecule has 2 aromatic rings. The Hall–Kier alpha value is -2.78. The minimum absolute atomic E-state index is 0.00652. The SMILES string of the molecule is COc1ccc2c(c1)OC1(CCN(S(=O)(=O)c3ccc4c(c3)OCCO4)CC1)CC2=O.